The molecule has 7 heteroatoms. The maximum atomic E-state index is 11.7. The highest BCUT2D eigenvalue weighted by molar-refractivity contribution is 5.80. The fourth-order valence-corrected chi connectivity index (χ4v) is 1.73. The predicted octanol–water partition coefficient (Wildman–Crippen LogP) is 0.762. The van der Waals surface area contributed by atoms with E-state index in [9.17, 15) is 9.59 Å². The Balaban J connectivity index is 2.10. The van der Waals surface area contributed by atoms with Gasteiger partial charge in [-0.15, -0.1) is 0 Å². The Hall–Kier alpha value is -2.18. The normalized spacial score (nSPS) is 10.0. The molecule has 0 aromatic carbocycles. The average molecular weight is 294 g/mol. The summed E-state index contributed by atoms with van der Waals surface area (Å²) in [5.41, 5.74) is 0. The van der Waals surface area contributed by atoms with Crippen molar-refractivity contribution in [2.75, 3.05) is 32.1 Å². The largest absolute Gasteiger partial charge is 0.469 e. The lowest BCUT2D eigenvalue weighted by Crippen LogP contribution is -2.36. The van der Waals surface area contributed by atoms with Crippen molar-refractivity contribution in [3.8, 4) is 0 Å². The minimum atomic E-state index is -0.191. The summed E-state index contributed by atoms with van der Waals surface area (Å²) in [6.07, 6.45) is 6.20. The van der Waals surface area contributed by atoms with Gasteiger partial charge < -0.3 is 15.0 Å². The Bertz CT molecular complexity index is 439. The maximum Gasteiger partial charge on any atom is 0.305 e. The molecule has 7 nitrogen and oxygen atoms in total. The third-order valence-corrected chi connectivity index (χ3v) is 2.88. The molecule has 0 aliphatic heterocycles. The molecule has 0 fully saturated rings. The van der Waals surface area contributed by atoms with E-state index in [-0.39, 0.29) is 18.4 Å². The number of rotatable bonds is 9. The maximum absolute atomic E-state index is 11.7. The molecular formula is C14H22N4O3. The molecule has 0 unspecified atom stereocenters. The first-order valence-electron chi connectivity index (χ1n) is 6.95. The molecule has 1 heterocycles. The van der Waals surface area contributed by atoms with Gasteiger partial charge in [0.2, 0.25) is 11.9 Å². The van der Waals surface area contributed by atoms with Gasteiger partial charge in [0, 0.05) is 32.4 Å². The van der Waals surface area contributed by atoms with Crippen LogP contribution in [0.15, 0.2) is 18.5 Å². The average Bonchev–Trinajstić information content (AvgIpc) is 2.51. The highest BCUT2D eigenvalue weighted by Crippen LogP contribution is 2.02. The fourth-order valence-electron chi connectivity index (χ4n) is 1.73. The number of amides is 1. The van der Waals surface area contributed by atoms with Crippen molar-refractivity contribution in [3.05, 3.63) is 18.5 Å². The molecular weight excluding hydrogens is 272 g/mol. The summed E-state index contributed by atoms with van der Waals surface area (Å²) in [5.74, 6) is 0.257. The van der Waals surface area contributed by atoms with E-state index in [2.05, 4.69) is 20.0 Å². The molecule has 116 valence electrons. The van der Waals surface area contributed by atoms with Gasteiger partial charge in [0.1, 0.15) is 0 Å². The quantitative estimate of drug-likeness (QED) is 0.535. The Morgan fingerprint density at radius 1 is 1.24 bits per heavy atom. The number of likely N-dealkylation sites (N-methyl/N-ethyl adjacent to an activating group) is 1. The van der Waals surface area contributed by atoms with Gasteiger partial charge in [-0.1, -0.05) is 6.42 Å². The van der Waals surface area contributed by atoms with Crippen LogP contribution in [0.4, 0.5) is 5.95 Å². The summed E-state index contributed by atoms with van der Waals surface area (Å²) < 4.78 is 4.55. The van der Waals surface area contributed by atoms with Gasteiger partial charge in [-0.25, -0.2) is 9.97 Å². The lowest BCUT2D eigenvalue weighted by molar-refractivity contribution is -0.140. The fraction of sp³-hybridized carbons (Fsp3) is 0.571. The van der Waals surface area contributed by atoms with Crippen LogP contribution in [0.25, 0.3) is 0 Å². The zero-order valence-corrected chi connectivity index (χ0v) is 12.5. The van der Waals surface area contributed by atoms with E-state index in [0.717, 1.165) is 19.3 Å². The molecule has 1 amide bonds. The van der Waals surface area contributed by atoms with Crippen LogP contribution in [0.5, 0.6) is 0 Å². The Morgan fingerprint density at radius 2 is 1.95 bits per heavy atom. The van der Waals surface area contributed by atoms with Crippen LogP contribution < -0.4 is 10.2 Å². The summed E-state index contributed by atoms with van der Waals surface area (Å²) in [7, 11) is 3.15. The van der Waals surface area contributed by atoms with Gasteiger partial charge in [0.25, 0.3) is 0 Å². The van der Waals surface area contributed by atoms with Gasteiger partial charge >= 0.3 is 5.97 Å². The number of unbranched alkanes of at least 4 members (excludes halogenated alkanes) is 2. The number of anilines is 1. The first-order valence-corrected chi connectivity index (χ1v) is 6.95. The SMILES string of the molecule is COC(=O)CCCCCNC(=O)CN(C)c1ncccn1. The van der Waals surface area contributed by atoms with Gasteiger partial charge in [-0.2, -0.15) is 0 Å². The third kappa shape index (κ3) is 7.24. The zero-order valence-electron chi connectivity index (χ0n) is 12.5. The van der Waals surface area contributed by atoms with Crippen molar-refractivity contribution in [2.24, 2.45) is 0 Å². The van der Waals surface area contributed by atoms with Crippen LogP contribution in [-0.4, -0.2) is 49.1 Å². The number of nitrogens with zero attached hydrogens (tertiary/aromatic N) is 3. The van der Waals surface area contributed by atoms with Gasteiger partial charge in [0.15, 0.2) is 0 Å². The number of nitrogens with one attached hydrogen (secondary N) is 1. The second kappa shape index (κ2) is 9.68. The summed E-state index contributed by atoms with van der Waals surface area (Å²) in [6.45, 7) is 0.815. The number of methoxy groups -OCH3 is 1. The molecule has 0 spiro atoms. The van der Waals surface area contributed by atoms with Crippen molar-refractivity contribution in [1.82, 2.24) is 15.3 Å². The van der Waals surface area contributed by atoms with Crippen LogP contribution in [-0.2, 0) is 14.3 Å². The van der Waals surface area contributed by atoms with Crippen molar-refractivity contribution in [2.45, 2.75) is 25.7 Å². The smallest absolute Gasteiger partial charge is 0.305 e. The molecule has 21 heavy (non-hydrogen) atoms. The van der Waals surface area contributed by atoms with Gasteiger partial charge in [0.05, 0.1) is 13.7 Å². The number of hydrogen-bond donors (Lipinski definition) is 1. The molecule has 0 atom stereocenters. The highest BCUT2D eigenvalue weighted by Gasteiger charge is 2.08. The highest BCUT2D eigenvalue weighted by atomic mass is 16.5. The number of hydrogen-bond acceptors (Lipinski definition) is 6. The van der Waals surface area contributed by atoms with Crippen LogP contribution in [0.1, 0.15) is 25.7 Å². The van der Waals surface area contributed by atoms with E-state index in [1.54, 1.807) is 30.4 Å². The first kappa shape index (κ1) is 16.9. The minimum Gasteiger partial charge on any atom is -0.469 e. The molecule has 0 saturated heterocycles. The molecule has 0 saturated carbocycles. The molecule has 1 aromatic rings. The molecule has 1 N–H and O–H groups in total. The van der Waals surface area contributed by atoms with Crippen LogP contribution in [0, 0.1) is 0 Å². The summed E-state index contributed by atoms with van der Waals surface area (Å²) in [5, 5.41) is 2.83. The Morgan fingerprint density at radius 3 is 2.62 bits per heavy atom. The van der Waals surface area contributed by atoms with Crippen molar-refractivity contribution < 1.29 is 14.3 Å². The van der Waals surface area contributed by atoms with E-state index >= 15 is 0 Å². The van der Waals surface area contributed by atoms with Gasteiger partial charge in [-0.3, -0.25) is 9.59 Å². The summed E-state index contributed by atoms with van der Waals surface area (Å²) >= 11 is 0. The molecule has 0 bridgehead atoms. The third-order valence-electron chi connectivity index (χ3n) is 2.88. The molecule has 1 aromatic heterocycles. The molecule has 0 radical (unpaired) electrons. The van der Waals surface area contributed by atoms with E-state index in [4.69, 9.17) is 0 Å². The van der Waals surface area contributed by atoms with E-state index < -0.39 is 0 Å². The van der Waals surface area contributed by atoms with E-state index in [1.165, 1.54) is 7.11 Å². The number of carbonyl (C=O) groups excluding carboxylic acids is 2. The summed E-state index contributed by atoms with van der Waals surface area (Å²) in [4.78, 5) is 32.5. The lowest BCUT2D eigenvalue weighted by atomic mass is 10.2. The Labute approximate surface area is 124 Å². The van der Waals surface area contributed by atoms with Crippen LogP contribution in [0.2, 0.25) is 0 Å². The standard InChI is InChI=1S/C14H22N4O3/c1-18(14-16-9-6-10-17-14)11-12(19)15-8-5-3-4-7-13(20)21-2/h6,9-10H,3-5,7-8,11H2,1-2H3,(H,15,19). The van der Waals surface area contributed by atoms with E-state index in [1.807, 2.05) is 0 Å². The number of esters is 1. The molecule has 1 rings (SSSR count). The second-order valence-electron chi connectivity index (χ2n) is 4.64. The number of ether oxygens (including phenoxy) is 1. The van der Waals surface area contributed by atoms with Crippen molar-refractivity contribution in [3.63, 3.8) is 0 Å². The topological polar surface area (TPSA) is 84.4 Å². The Kier molecular flexibility index (Phi) is 7.78. The lowest BCUT2D eigenvalue weighted by Gasteiger charge is -2.15. The number of carbonyl (C=O) groups is 2. The molecule has 0 aliphatic carbocycles. The minimum absolute atomic E-state index is 0.0714. The summed E-state index contributed by atoms with van der Waals surface area (Å²) in [6, 6.07) is 1.73. The molecule has 0 aliphatic rings. The second-order valence-corrected chi connectivity index (χ2v) is 4.64. The zero-order chi connectivity index (χ0) is 15.5. The van der Waals surface area contributed by atoms with Crippen LogP contribution >= 0.6 is 0 Å². The van der Waals surface area contributed by atoms with E-state index in [0.29, 0.717) is 18.9 Å². The van der Waals surface area contributed by atoms with Crippen molar-refractivity contribution in [1.29, 1.82) is 0 Å². The van der Waals surface area contributed by atoms with Crippen molar-refractivity contribution >= 4 is 17.8 Å². The van der Waals surface area contributed by atoms with Crippen LogP contribution in [0.3, 0.4) is 0 Å². The van der Waals surface area contributed by atoms with Gasteiger partial charge in [-0.05, 0) is 18.9 Å². The monoisotopic (exact) mass is 294 g/mol. The number of aromatic nitrogens is 2. The predicted molar refractivity (Wildman–Crippen MR) is 78.8 cm³/mol. The first-order chi connectivity index (χ1) is 10.1.